The van der Waals surface area contributed by atoms with Gasteiger partial charge in [0.15, 0.2) is 0 Å². The van der Waals surface area contributed by atoms with Gasteiger partial charge in [-0.15, -0.1) is 0 Å². The Morgan fingerprint density at radius 2 is 2.11 bits per heavy atom. The highest BCUT2D eigenvalue weighted by molar-refractivity contribution is 5.94. The van der Waals surface area contributed by atoms with Gasteiger partial charge >= 0.3 is 0 Å². The number of rotatable bonds is 4. The fourth-order valence-electron chi connectivity index (χ4n) is 2.70. The van der Waals surface area contributed by atoms with E-state index in [0.29, 0.717) is 23.9 Å². The third kappa shape index (κ3) is 3.26. The molecule has 1 aliphatic rings. The van der Waals surface area contributed by atoms with Gasteiger partial charge < -0.3 is 15.5 Å². The van der Waals surface area contributed by atoms with Crippen LogP contribution in [-0.4, -0.2) is 29.3 Å². The zero-order chi connectivity index (χ0) is 13.8. The summed E-state index contributed by atoms with van der Waals surface area (Å²) in [7, 11) is 0. The third-order valence-electron chi connectivity index (χ3n) is 4.05. The van der Waals surface area contributed by atoms with Crippen LogP contribution in [0.4, 0.5) is 0 Å². The first-order valence-corrected chi connectivity index (χ1v) is 6.80. The van der Waals surface area contributed by atoms with Gasteiger partial charge in [0.2, 0.25) is 0 Å². The zero-order valence-electron chi connectivity index (χ0n) is 11.2. The molecule has 1 fully saturated rings. The number of amides is 1. The van der Waals surface area contributed by atoms with Crippen LogP contribution in [0.5, 0.6) is 5.75 Å². The molecule has 1 aromatic rings. The minimum absolute atomic E-state index is 0.141. The second-order valence-corrected chi connectivity index (χ2v) is 5.34. The van der Waals surface area contributed by atoms with Crippen LogP contribution in [0.3, 0.4) is 0 Å². The summed E-state index contributed by atoms with van der Waals surface area (Å²) in [5.41, 5.74) is 1.23. The number of hydrogen-bond acceptors (Lipinski definition) is 3. The number of phenolic OH excluding ortho intramolecular Hbond substituents is 1. The summed E-state index contributed by atoms with van der Waals surface area (Å²) in [5, 5.41) is 21.7. The van der Waals surface area contributed by atoms with Gasteiger partial charge in [0.05, 0.1) is 0 Å². The largest absolute Gasteiger partial charge is 0.508 e. The van der Waals surface area contributed by atoms with E-state index in [0.717, 1.165) is 24.8 Å². The Hall–Kier alpha value is -1.55. The average molecular weight is 263 g/mol. The second kappa shape index (κ2) is 6.06. The molecule has 19 heavy (non-hydrogen) atoms. The first kappa shape index (κ1) is 13.9. The maximum atomic E-state index is 12.0. The molecule has 2 atom stereocenters. The molecule has 2 unspecified atom stereocenters. The Bertz CT molecular complexity index is 459. The van der Waals surface area contributed by atoms with Gasteiger partial charge in [0, 0.05) is 18.7 Å². The molecule has 1 amide bonds. The second-order valence-electron chi connectivity index (χ2n) is 5.34. The maximum Gasteiger partial charge on any atom is 0.251 e. The summed E-state index contributed by atoms with van der Waals surface area (Å²) in [4.78, 5) is 12.0. The van der Waals surface area contributed by atoms with Crippen LogP contribution >= 0.6 is 0 Å². The molecule has 4 nitrogen and oxygen atoms in total. The summed E-state index contributed by atoms with van der Waals surface area (Å²) in [6.45, 7) is 2.59. The number of phenols is 1. The van der Waals surface area contributed by atoms with Crippen LogP contribution < -0.4 is 5.32 Å². The van der Waals surface area contributed by atoms with E-state index in [4.69, 9.17) is 0 Å². The highest BCUT2D eigenvalue weighted by Gasteiger charge is 2.26. The Labute approximate surface area is 113 Å². The predicted molar refractivity (Wildman–Crippen MR) is 73.1 cm³/mol. The number of aliphatic hydroxyl groups is 1. The van der Waals surface area contributed by atoms with Crippen molar-refractivity contribution in [1.82, 2.24) is 5.32 Å². The van der Waals surface area contributed by atoms with Crippen molar-refractivity contribution < 1.29 is 15.0 Å². The van der Waals surface area contributed by atoms with Gasteiger partial charge in [-0.1, -0.05) is 12.5 Å². The van der Waals surface area contributed by atoms with Crippen molar-refractivity contribution in [3.63, 3.8) is 0 Å². The van der Waals surface area contributed by atoms with Gasteiger partial charge in [-0.2, -0.15) is 0 Å². The molecule has 0 aliphatic heterocycles. The minimum Gasteiger partial charge on any atom is -0.508 e. The Morgan fingerprint density at radius 3 is 2.79 bits per heavy atom. The summed E-state index contributed by atoms with van der Waals surface area (Å²) in [5.74, 6) is 0.653. The average Bonchev–Trinajstić information content (AvgIpc) is 2.86. The number of hydrogen-bond donors (Lipinski definition) is 3. The lowest BCUT2D eigenvalue weighted by Gasteiger charge is -2.17. The van der Waals surface area contributed by atoms with E-state index in [-0.39, 0.29) is 18.3 Å². The van der Waals surface area contributed by atoms with Crippen LogP contribution in [0.2, 0.25) is 0 Å². The maximum absolute atomic E-state index is 12.0. The van der Waals surface area contributed by atoms with E-state index in [1.54, 1.807) is 19.1 Å². The van der Waals surface area contributed by atoms with E-state index in [1.165, 1.54) is 6.07 Å². The van der Waals surface area contributed by atoms with Crippen LogP contribution in [0.25, 0.3) is 0 Å². The summed E-state index contributed by atoms with van der Waals surface area (Å²) in [6.07, 6.45) is 3.23. The quantitative estimate of drug-likeness (QED) is 0.776. The third-order valence-corrected chi connectivity index (χ3v) is 4.05. The standard InChI is InChI=1S/C15H21NO3/c1-10-5-6-11(7-14(10)18)15(19)16-8-12-3-2-4-13(12)9-17/h5-7,12-13,17-18H,2-4,8-9H2,1H3,(H,16,19). The van der Waals surface area contributed by atoms with Gasteiger partial charge in [-0.05, 0) is 49.3 Å². The molecular formula is C15H21NO3. The molecule has 1 aliphatic carbocycles. The minimum atomic E-state index is -0.168. The number of benzene rings is 1. The Balaban J connectivity index is 1.92. The fraction of sp³-hybridized carbons (Fsp3) is 0.533. The molecule has 0 saturated heterocycles. The Morgan fingerprint density at radius 1 is 1.37 bits per heavy atom. The smallest absolute Gasteiger partial charge is 0.251 e. The van der Waals surface area contributed by atoms with Gasteiger partial charge in [-0.3, -0.25) is 4.79 Å². The summed E-state index contributed by atoms with van der Waals surface area (Å²) in [6, 6.07) is 4.93. The molecule has 3 N–H and O–H groups in total. The van der Waals surface area contributed by atoms with E-state index < -0.39 is 0 Å². The molecule has 2 rings (SSSR count). The van der Waals surface area contributed by atoms with Gasteiger partial charge in [0.25, 0.3) is 5.91 Å². The normalized spacial score (nSPS) is 22.4. The van der Waals surface area contributed by atoms with Crippen molar-refractivity contribution in [1.29, 1.82) is 0 Å². The SMILES string of the molecule is Cc1ccc(C(=O)NCC2CCCC2CO)cc1O. The molecule has 1 aromatic carbocycles. The van der Waals surface area contributed by atoms with Crippen molar-refractivity contribution >= 4 is 5.91 Å². The lowest BCUT2D eigenvalue weighted by molar-refractivity contribution is 0.0937. The van der Waals surface area contributed by atoms with Crippen LogP contribution in [0.15, 0.2) is 18.2 Å². The van der Waals surface area contributed by atoms with E-state index in [9.17, 15) is 15.0 Å². The molecule has 1 saturated carbocycles. The van der Waals surface area contributed by atoms with Crippen molar-refractivity contribution in [3.05, 3.63) is 29.3 Å². The number of aliphatic hydroxyl groups excluding tert-OH is 1. The number of nitrogens with one attached hydrogen (secondary N) is 1. The topological polar surface area (TPSA) is 69.6 Å². The molecule has 0 aromatic heterocycles. The number of carbonyl (C=O) groups excluding carboxylic acids is 1. The molecule has 104 valence electrons. The molecule has 0 radical (unpaired) electrons. The van der Waals surface area contributed by atoms with E-state index in [1.807, 2.05) is 0 Å². The first-order valence-electron chi connectivity index (χ1n) is 6.80. The number of aromatic hydroxyl groups is 1. The monoisotopic (exact) mass is 263 g/mol. The zero-order valence-corrected chi connectivity index (χ0v) is 11.2. The molecule has 0 heterocycles. The van der Waals surface area contributed by atoms with Crippen molar-refractivity contribution in [3.8, 4) is 5.75 Å². The van der Waals surface area contributed by atoms with Crippen LogP contribution in [0, 0.1) is 18.8 Å². The van der Waals surface area contributed by atoms with Gasteiger partial charge in [0.1, 0.15) is 5.75 Å². The molecule has 0 bridgehead atoms. The number of aryl methyl sites for hydroxylation is 1. The van der Waals surface area contributed by atoms with Crippen molar-refractivity contribution in [2.45, 2.75) is 26.2 Å². The lowest BCUT2D eigenvalue weighted by Crippen LogP contribution is -2.31. The fourth-order valence-corrected chi connectivity index (χ4v) is 2.70. The van der Waals surface area contributed by atoms with Crippen molar-refractivity contribution in [2.24, 2.45) is 11.8 Å². The Kier molecular flexibility index (Phi) is 4.43. The van der Waals surface area contributed by atoms with Crippen molar-refractivity contribution in [2.75, 3.05) is 13.2 Å². The van der Waals surface area contributed by atoms with Gasteiger partial charge in [-0.25, -0.2) is 0 Å². The lowest BCUT2D eigenvalue weighted by atomic mass is 9.97. The van der Waals surface area contributed by atoms with E-state index >= 15 is 0 Å². The summed E-state index contributed by atoms with van der Waals surface area (Å²) < 4.78 is 0. The number of carbonyl (C=O) groups is 1. The highest BCUT2D eigenvalue weighted by Crippen LogP contribution is 2.30. The predicted octanol–water partition coefficient (Wildman–Crippen LogP) is 1.84. The molecule has 4 heteroatoms. The molecular weight excluding hydrogens is 242 g/mol. The first-order chi connectivity index (χ1) is 9.11. The highest BCUT2D eigenvalue weighted by atomic mass is 16.3. The van der Waals surface area contributed by atoms with E-state index in [2.05, 4.69) is 5.32 Å². The molecule has 0 spiro atoms. The van der Waals surface area contributed by atoms with Crippen LogP contribution in [0.1, 0.15) is 35.2 Å². The van der Waals surface area contributed by atoms with Crippen LogP contribution in [-0.2, 0) is 0 Å². The summed E-state index contributed by atoms with van der Waals surface area (Å²) >= 11 is 0.